The molecule has 2 rings (SSSR count). The molecule has 0 fully saturated rings. The monoisotopic (exact) mass is 458 g/mol. The van der Waals surface area contributed by atoms with Gasteiger partial charge in [-0.2, -0.15) is 13.2 Å². The number of carbonyl (C=O) groups is 2. The van der Waals surface area contributed by atoms with Gasteiger partial charge in [-0.15, -0.1) is 0 Å². The molecule has 0 saturated carbocycles. The van der Waals surface area contributed by atoms with Gasteiger partial charge in [0.05, 0.1) is 16.9 Å². The Labute approximate surface area is 177 Å². The smallest absolute Gasteiger partial charge is 0.416 e. The first kappa shape index (κ1) is 24.4. The van der Waals surface area contributed by atoms with Gasteiger partial charge in [0.15, 0.2) is 6.10 Å². The molecule has 31 heavy (non-hydrogen) atoms. The third-order valence-corrected chi connectivity index (χ3v) is 5.56. The zero-order valence-electron chi connectivity index (χ0n) is 16.7. The molecule has 7 nitrogen and oxygen atoms in total. The van der Waals surface area contributed by atoms with Gasteiger partial charge in [0.2, 0.25) is 10.0 Å². The molecule has 0 aromatic heterocycles. The van der Waals surface area contributed by atoms with Gasteiger partial charge in [0, 0.05) is 12.2 Å². The summed E-state index contributed by atoms with van der Waals surface area (Å²) in [7, 11) is -3.80. The minimum Gasteiger partial charge on any atom is -0.452 e. The van der Waals surface area contributed by atoms with Crippen LogP contribution in [0.1, 0.15) is 24.5 Å². The van der Waals surface area contributed by atoms with Gasteiger partial charge in [-0.3, -0.25) is 9.59 Å². The third kappa shape index (κ3) is 7.37. The summed E-state index contributed by atoms with van der Waals surface area (Å²) in [4.78, 5) is 24.0. The lowest BCUT2D eigenvalue weighted by atomic mass is 10.2. The summed E-state index contributed by atoms with van der Waals surface area (Å²) in [6, 6.07) is 10.1. The van der Waals surface area contributed by atoms with E-state index in [1.807, 2.05) is 6.92 Å². The van der Waals surface area contributed by atoms with Gasteiger partial charge in [-0.1, -0.05) is 23.8 Å². The standard InChI is InChI=1S/C20H21F3N2O5S/c1-13-6-8-17(9-7-13)31(28,29)24-11-10-18(26)30-14(2)19(27)25-16-5-3-4-15(12-16)20(21,22)23/h3-9,12,14,24H,10-11H2,1-2H3,(H,25,27). The van der Waals surface area contributed by atoms with E-state index in [2.05, 4.69) is 10.0 Å². The molecule has 168 valence electrons. The topological polar surface area (TPSA) is 102 Å². The molecular weight excluding hydrogens is 437 g/mol. The minimum absolute atomic E-state index is 0.0419. The van der Waals surface area contributed by atoms with E-state index in [0.29, 0.717) is 0 Å². The lowest BCUT2D eigenvalue weighted by molar-refractivity contribution is -0.152. The number of nitrogens with one attached hydrogen (secondary N) is 2. The summed E-state index contributed by atoms with van der Waals surface area (Å²) in [5.41, 5.74) is -0.149. The number of benzene rings is 2. The average Bonchev–Trinajstić information content (AvgIpc) is 2.67. The maximum Gasteiger partial charge on any atom is 0.416 e. The van der Waals surface area contributed by atoms with Crippen LogP contribution in [0.15, 0.2) is 53.4 Å². The number of hydrogen-bond acceptors (Lipinski definition) is 5. The molecule has 0 bridgehead atoms. The van der Waals surface area contributed by atoms with Gasteiger partial charge in [-0.25, -0.2) is 13.1 Å². The number of ether oxygens (including phenoxy) is 1. The number of sulfonamides is 1. The van der Waals surface area contributed by atoms with Crippen LogP contribution in [0.5, 0.6) is 0 Å². The van der Waals surface area contributed by atoms with Gasteiger partial charge in [0.25, 0.3) is 5.91 Å². The molecule has 1 atom stereocenters. The van der Waals surface area contributed by atoms with E-state index in [1.165, 1.54) is 25.1 Å². The predicted octanol–water partition coefficient (Wildman–Crippen LogP) is 3.25. The second-order valence-corrected chi connectivity index (χ2v) is 8.43. The highest BCUT2D eigenvalue weighted by Gasteiger charge is 2.30. The van der Waals surface area contributed by atoms with Crippen LogP contribution in [-0.2, 0) is 30.5 Å². The zero-order valence-corrected chi connectivity index (χ0v) is 17.5. The van der Waals surface area contributed by atoms with Gasteiger partial charge >= 0.3 is 12.1 Å². The Kier molecular flexibility index (Phi) is 7.80. The van der Waals surface area contributed by atoms with Gasteiger partial charge in [-0.05, 0) is 44.2 Å². The number of esters is 1. The van der Waals surface area contributed by atoms with E-state index in [9.17, 15) is 31.2 Å². The summed E-state index contributed by atoms with van der Waals surface area (Å²) in [6.45, 7) is 2.80. The number of amides is 1. The van der Waals surface area contributed by atoms with E-state index in [4.69, 9.17) is 4.74 Å². The predicted molar refractivity (Wildman–Crippen MR) is 107 cm³/mol. The van der Waals surface area contributed by atoms with E-state index in [1.54, 1.807) is 12.1 Å². The molecule has 1 amide bonds. The van der Waals surface area contributed by atoms with Crippen molar-refractivity contribution in [2.45, 2.75) is 37.4 Å². The number of halogens is 3. The minimum atomic E-state index is -4.56. The van der Waals surface area contributed by atoms with Crippen LogP contribution in [0.25, 0.3) is 0 Å². The Balaban J connectivity index is 1.84. The van der Waals surface area contributed by atoms with Gasteiger partial charge in [0.1, 0.15) is 0 Å². The zero-order chi connectivity index (χ0) is 23.2. The molecule has 0 aliphatic heterocycles. The summed E-state index contributed by atoms with van der Waals surface area (Å²) in [5, 5.41) is 2.24. The van der Waals surface area contributed by atoms with Crippen molar-refractivity contribution in [3.05, 3.63) is 59.7 Å². The molecule has 11 heteroatoms. The van der Waals surface area contributed by atoms with Crippen LogP contribution >= 0.6 is 0 Å². The molecule has 2 aromatic carbocycles. The maximum absolute atomic E-state index is 12.7. The van der Waals surface area contributed by atoms with Crippen molar-refractivity contribution in [2.75, 3.05) is 11.9 Å². The van der Waals surface area contributed by atoms with Crippen LogP contribution in [0.2, 0.25) is 0 Å². The van der Waals surface area contributed by atoms with E-state index < -0.39 is 39.7 Å². The lowest BCUT2D eigenvalue weighted by Crippen LogP contribution is -2.32. The number of rotatable bonds is 8. The van der Waals surface area contributed by atoms with Crippen molar-refractivity contribution in [3.8, 4) is 0 Å². The highest BCUT2D eigenvalue weighted by Crippen LogP contribution is 2.30. The first-order valence-electron chi connectivity index (χ1n) is 9.12. The van der Waals surface area contributed by atoms with Crippen molar-refractivity contribution >= 4 is 27.6 Å². The third-order valence-electron chi connectivity index (χ3n) is 4.09. The van der Waals surface area contributed by atoms with Crippen LogP contribution in [0, 0.1) is 6.92 Å². The fraction of sp³-hybridized carbons (Fsp3) is 0.300. The highest BCUT2D eigenvalue weighted by molar-refractivity contribution is 7.89. The Morgan fingerprint density at radius 1 is 1.10 bits per heavy atom. The van der Waals surface area contributed by atoms with Gasteiger partial charge < -0.3 is 10.1 Å². The van der Waals surface area contributed by atoms with Crippen LogP contribution < -0.4 is 10.0 Å². The number of aryl methyl sites for hydroxylation is 1. The summed E-state index contributed by atoms with van der Waals surface area (Å²) in [6.07, 6.45) is -6.20. The Bertz CT molecular complexity index is 1040. The fourth-order valence-corrected chi connectivity index (χ4v) is 3.45. The van der Waals surface area contributed by atoms with E-state index in [0.717, 1.165) is 23.8 Å². The number of carbonyl (C=O) groups excluding carboxylic acids is 2. The first-order valence-corrected chi connectivity index (χ1v) is 10.6. The SMILES string of the molecule is Cc1ccc(S(=O)(=O)NCCC(=O)OC(C)C(=O)Nc2cccc(C(F)(F)F)c2)cc1. The summed E-state index contributed by atoms with van der Waals surface area (Å²) < 4.78 is 69.7. The maximum atomic E-state index is 12.7. The van der Waals surface area contributed by atoms with Crippen LogP contribution in [0.4, 0.5) is 18.9 Å². The Hall–Kier alpha value is -2.92. The second-order valence-electron chi connectivity index (χ2n) is 6.66. The normalized spacial score (nSPS) is 12.8. The molecule has 0 radical (unpaired) electrons. The molecular formula is C20H21F3N2O5S. The van der Waals surface area contributed by atoms with Crippen molar-refractivity contribution in [3.63, 3.8) is 0 Å². The Morgan fingerprint density at radius 2 is 1.74 bits per heavy atom. The van der Waals surface area contributed by atoms with Crippen molar-refractivity contribution < 1.29 is 35.9 Å². The van der Waals surface area contributed by atoms with Crippen LogP contribution in [-0.4, -0.2) is 32.9 Å². The number of hydrogen-bond donors (Lipinski definition) is 2. The molecule has 0 heterocycles. The first-order chi connectivity index (χ1) is 14.4. The number of anilines is 1. The second kappa shape index (κ2) is 9.92. The van der Waals surface area contributed by atoms with Crippen molar-refractivity contribution in [2.24, 2.45) is 0 Å². The molecule has 2 aromatic rings. The Morgan fingerprint density at radius 3 is 2.35 bits per heavy atom. The van der Waals surface area contributed by atoms with E-state index >= 15 is 0 Å². The molecule has 1 unspecified atom stereocenters. The fourth-order valence-electron chi connectivity index (χ4n) is 2.41. The van der Waals surface area contributed by atoms with Crippen molar-refractivity contribution in [1.29, 1.82) is 0 Å². The molecule has 0 aliphatic carbocycles. The molecule has 0 spiro atoms. The average molecular weight is 458 g/mol. The van der Waals surface area contributed by atoms with E-state index in [-0.39, 0.29) is 23.5 Å². The highest BCUT2D eigenvalue weighted by atomic mass is 32.2. The van der Waals surface area contributed by atoms with Crippen LogP contribution in [0.3, 0.4) is 0 Å². The number of alkyl halides is 3. The lowest BCUT2D eigenvalue weighted by Gasteiger charge is -2.15. The molecule has 0 saturated heterocycles. The quantitative estimate of drug-likeness (QED) is 0.592. The molecule has 0 aliphatic rings. The summed E-state index contributed by atoms with van der Waals surface area (Å²) in [5.74, 6) is -1.67. The molecule has 2 N–H and O–H groups in total. The summed E-state index contributed by atoms with van der Waals surface area (Å²) >= 11 is 0. The van der Waals surface area contributed by atoms with Crippen molar-refractivity contribution in [1.82, 2.24) is 4.72 Å². The largest absolute Gasteiger partial charge is 0.452 e.